The van der Waals surface area contributed by atoms with Crippen LogP contribution < -0.4 is 10.2 Å². The van der Waals surface area contributed by atoms with E-state index in [0.29, 0.717) is 17.0 Å². The molecule has 0 amide bonds. The first-order valence-corrected chi connectivity index (χ1v) is 5.12. The summed E-state index contributed by atoms with van der Waals surface area (Å²) in [7, 11) is 5.54. The standard InChI is InChI=1S/C10H14N6O/c1-11-7-9(15(2)3)17-16-10-8(13-14-16)5-4-6-12-10/h4-7,11H,1-3H3. The Labute approximate surface area is 98.6 Å². The highest BCUT2D eigenvalue weighted by Gasteiger charge is 2.09. The summed E-state index contributed by atoms with van der Waals surface area (Å²) in [5.74, 6) is 0.602. The van der Waals surface area contributed by atoms with Crippen LogP contribution in [-0.2, 0) is 0 Å². The highest BCUT2D eigenvalue weighted by atomic mass is 16.7. The molecule has 2 heterocycles. The number of nitrogens with one attached hydrogen (secondary N) is 1. The molecule has 17 heavy (non-hydrogen) atoms. The first kappa shape index (κ1) is 11.2. The van der Waals surface area contributed by atoms with Gasteiger partial charge in [-0.2, -0.15) is 0 Å². The van der Waals surface area contributed by atoms with E-state index in [0.717, 1.165) is 0 Å². The van der Waals surface area contributed by atoms with Gasteiger partial charge in [0.1, 0.15) is 5.52 Å². The molecule has 0 spiro atoms. The number of rotatable bonds is 4. The van der Waals surface area contributed by atoms with E-state index in [9.17, 15) is 0 Å². The van der Waals surface area contributed by atoms with Crippen LogP contribution >= 0.6 is 0 Å². The van der Waals surface area contributed by atoms with Crippen LogP contribution in [0.3, 0.4) is 0 Å². The Kier molecular flexibility index (Phi) is 3.08. The van der Waals surface area contributed by atoms with Crippen LogP contribution in [0.4, 0.5) is 0 Å². The topological polar surface area (TPSA) is 68.1 Å². The third-order valence-electron chi connectivity index (χ3n) is 2.07. The Morgan fingerprint density at radius 2 is 2.35 bits per heavy atom. The van der Waals surface area contributed by atoms with E-state index in [2.05, 4.69) is 20.6 Å². The Bertz CT molecular complexity index is 532. The third-order valence-corrected chi connectivity index (χ3v) is 2.07. The van der Waals surface area contributed by atoms with Crippen LogP contribution in [-0.4, -0.2) is 46.2 Å². The molecule has 0 fully saturated rings. The maximum Gasteiger partial charge on any atom is 0.240 e. The molecule has 0 radical (unpaired) electrons. The minimum Gasteiger partial charge on any atom is -0.390 e. The van der Waals surface area contributed by atoms with Crippen LogP contribution in [0.15, 0.2) is 30.4 Å². The smallest absolute Gasteiger partial charge is 0.240 e. The van der Waals surface area contributed by atoms with E-state index >= 15 is 0 Å². The predicted octanol–water partition coefficient (Wildman–Crippen LogP) is -0.165. The van der Waals surface area contributed by atoms with E-state index in [4.69, 9.17) is 4.84 Å². The molecule has 90 valence electrons. The molecule has 0 aliphatic carbocycles. The van der Waals surface area contributed by atoms with Crippen molar-refractivity contribution in [1.29, 1.82) is 0 Å². The van der Waals surface area contributed by atoms with Crippen molar-refractivity contribution in [3.8, 4) is 0 Å². The van der Waals surface area contributed by atoms with Gasteiger partial charge in [0.2, 0.25) is 11.5 Å². The maximum atomic E-state index is 5.57. The Balaban J connectivity index is 2.32. The van der Waals surface area contributed by atoms with Crippen molar-refractivity contribution in [1.82, 2.24) is 30.4 Å². The van der Waals surface area contributed by atoms with Crippen molar-refractivity contribution < 1.29 is 4.84 Å². The van der Waals surface area contributed by atoms with Crippen LogP contribution in [0.5, 0.6) is 0 Å². The lowest BCUT2D eigenvalue weighted by Gasteiger charge is -2.15. The van der Waals surface area contributed by atoms with Gasteiger partial charge in [0.15, 0.2) is 0 Å². The fourth-order valence-electron chi connectivity index (χ4n) is 1.26. The summed E-state index contributed by atoms with van der Waals surface area (Å²) in [6.07, 6.45) is 3.39. The van der Waals surface area contributed by atoms with Gasteiger partial charge in [0.05, 0.1) is 6.20 Å². The zero-order valence-electron chi connectivity index (χ0n) is 9.95. The van der Waals surface area contributed by atoms with Gasteiger partial charge in [-0.25, -0.2) is 4.98 Å². The van der Waals surface area contributed by atoms with Crippen molar-refractivity contribution in [3.63, 3.8) is 0 Å². The molecule has 2 aromatic heterocycles. The van der Waals surface area contributed by atoms with Gasteiger partial charge in [-0.3, -0.25) is 0 Å². The Morgan fingerprint density at radius 1 is 1.53 bits per heavy atom. The third kappa shape index (κ3) is 2.27. The SMILES string of the molecule is CNC=C(On1nnc2cccnc21)N(C)C. The van der Waals surface area contributed by atoms with Gasteiger partial charge in [-0.05, 0) is 17.3 Å². The Morgan fingerprint density at radius 3 is 3.06 bits per heavy atom. The quantitative estimate of drug-likeness (QED) is 0.741. The van der Waals surface area contributed by atoms with Crippen molar-refractivity contribution in [2.75, 3.05) is 21.1 Å². The number of nitrogens with zero attached hydrogens (tertiary/aromatic N) is 5. The van der Waals surface area contributed by atoms with Crippen molar-refractivity contribution >= 4 is 11.2 Å². The summed E-state index contributed by atoms with van der Waals surface area (Å²) in [6.45, 7) is 0. The average molecular weight is 234 g/mol. The van der Waals surface area contributed by atoms with E-state index in [1.54, 1.807) is 25.5 Å². The second-order valence-electron chi connectivity index (χ2n) is 3.57. The van der Waals surface area contributed by atoms with Gasteiger partial charge < -0.3 is 15.1 Å². The number of pyridine rings is 1. The molecule has 0 unspecified atom stereocenters. The summed E-state index contributed by atoms with van der Waals surface area (Å²) in [4.78, 5) is 12.8. The molecule has 7 nitrogen and oxygen atoms in total. The van der Waals surface area contributed by atoms with Crippen LogP contribution in [0.2, 0.25) is 0 Å². The first-order valence-electron chi connectivity index (χ1n) is 5.12. The zero-order valence-corrected chi connectivity index (χ0v) is 9.95. The van der Waals surface area contributed by atoms with Gasteiger partial charge in [-0.1, -0.05) is 4.85 Å². The van der Waals surface area contributed by atoms with Gasteiger partial charge in [0.25, 0.3) is 0 Å². The normalized spacial score (nSPS) is 11.6. The fraction of sp³-hybridized carbons (Fsp3) is 0.300. The molecule has 0 saturated heterocycles. The predicted molar refractivity (Wildman–Crippen MR) is 62.7 cm³/mol. The summed E-state index contributed by atoms with van der Waals surface area (Å²) in [5.41, 5.74) is 1.27. The molecule has 0 aliphatic heterocycles. The number of aromatic nitrogens is 4. The highest BCUT2D eigenvalue weighted by Crippen LogP contribution is 2.06. The van der Waals surface area contributed by atoms with Gasteiger partial charge in [-0.15, -0.1) is 5.10 Å². The van der Waals surface area contributed by atoms with Crippen molar-refractivity contribution in [2.24, 2.45) is 0 Å². The largest absolute Gasteiger partial charge is 0.390 e. The van der Waals surface area contributed by atoms with Crippen molar-refractivity contribution in [3.05, 3.63) is 30.4 Å². The van der Waals surface area contributed by atoms with E-state index in [1.165, 1.54) is 4.85 Å². The first-order chi connectivity index (χ1) is 8.22. The fourth-order valence-corrected chi connectivity index (χ4v) is 1.26. The molecule has 0 aromatic carbocycles. The number of hydrogen-bond donors (Lipinski definition) is 1. The molecule has 1 N–H and O–H groups in total. The van der Waals surface area contributed by atoms with E-state index < -0.39 is 0 Å². The van der Waals surface area contributed by atoms with Crippen LogP contribution in [0.25, 0.3) is 11.2 Å². The minimum absolute atomic E-state index is 0.580. The summed E-state index contributed by atoms with van der Waals surface area (Å²) < 4.78 is 0. The number of fused-ring (bicyclic) bond motifs is 1. The average Bonchev–Trinajstić information content (AvgIpc) is 2.72. The molecule has 2 rings (SSSR count). The lowest BCUT2D eigenvalue weighted by Crippen LogP contribution is -2.25. The maximum absolute atomic E-state index is 5.57. The molecule has 0 atom stereocenters. The van der Waals surface area contributed by atoms with Crippen LogP contribution in [0.1, 0.15) is 0 Å². The lowest BCUT2D eigenvalue weighted by atomic mass is 10.4. The summed E-state index contributed by atoms with van der Waals surface area (Å²) >= 11 is 0. The van der Waals surface area contributed by atoms with E-state index in [-0.39, 0.29) is 0 Å². The molecular weight excluding hydrogens is 220 g/mol. The molecule has 0 aliphatic rings. The number of hydrogen-bond acceptors (Lipinski definition) is 6. The minimum atomic E-state index is 0.580. The zero-order chi connectivity index (χ0) is 12.3. The summed E-state index contributed by atoms with van der Waals surface area (Å²) in [6, 6.07) is 3.63. The lowest BCUT2D eigenvalue weighted by molar-refractivity contribution is 0.0956. The molecule has 0 bridgehead atoms. The molecule has 7 heteroatoms. The molecule has 0 saturated carbocycles. The second kappa shape index (κ2) is 4.69. The van der Waals surface area contributed by atoms with E-state index in [1.807, 2.05) is 25.1 Å². The highest BCUT2D eigenvalue weighted by molar-refractivity contribution is 5.68. The van der Waals surface area contributed by atoms with Crippen LogP contribution in [0, 0.1) is 0 Å². The molecule has 2 aromatic rings. The monoisotopic (exact) mass is 234 g/mol. The van der Waals surface area contributed by atoms with Gasteiger partial charge in [0, 0.05) is 27.3 Å². The Hall–Kier alpha value is -2.31. The second-order valence-corrected chi connectivity index (χ2v) is 3.57. The molecular formula is C10H14N6O. The van der Waals surface area contributed by atoms with Gasteiger partial charge >= 0.3 is 0 Å². The summed E-state index contributed by atoms with van der Waals surface area (Å²) in [5, 5.41) is 10.7. The van der Waals surface area contributed by atoms with Crippen molar-refractivity contribution in [2.45, 2.75) is 0 Å².